The highest BCUT2D eigenvalue weighted by Crippen LogP contribution is 2.60. The van der Waals surface area contributed by atoms with E-state index in [9.17, 15) is 4.79 Å². The minimum absolute atomic E-state index is 0.103. The van der Waals surface area contributed by atoms with Crippen LogP contribution in [0.15, 0.2) is 30.5 Å². The molecule has 1 amide bonds. The Morgan fingerprint density at radius 3 is 2.42 bits per heavy atom. The molecule has 24 heavy (non-hydrogen) atoms. The van der Waals surface area contributed by atoms with Gasteiger partial charge in [0.15, 0.2) is 0 Å². The van der Waals surface area contributed by atoms with Crippen LogP contribution in [0.5, 0.6) is 0 Å². The number of amides is 1. The summed E-state index contributed by atoms with van der Waals surface area (Å²) in [6, 6.07) is 8.11. The molecule has 1 aromatic carbocycles. The molecule has 0 radical (unpaired) electrons. The number of benzene rings is 1. The zero-order chi connectivity index (χ0) is 16.3. The van der Waals surface area contributed by atoms with Gasteiger partial charge in [0.1, 0.15) is 0 Å². The van der Waals surface area contributed by atoms with Gasteiger partial charge in [0.25, 0.3) is 0 Å². The van der Waals surface area contributed by atoms with Crippen molar-refractivity contribution in [3.05, 3.63) is 36.0 Å². The second-order valence-electron chi connectivity index (χ2n) is 8.48. The molecule has 124 valence electrons. The van der Waals surface area contributed by atoms with Crippen LogP contribution in [0.2, 0.25) is 0 Å². The van der Waals surface area contributed by atoms with Gasteiger partial charge in [0.2, 0.25) is 5.91 Å². The SMILES string of the molecule is Cc1ccc(NC(=O)C23CC4CC(CC(C4)C2)C3)c2cccnc12. The van der Waals surface area contributed by atoms with E-state index < -0.39 is 0 Å². The van der Waals surface area contributed by atoms with Gasteiger partial charge in [-0.05, 0) is 87.0 Å². The molecule has 4 aliphatic rings. The third-order valence-corrected chi connectivity index (χ3v) is 6.74. The monoisotopic (exact) mass is 320 g/mol. The van der Waals surface area contributed by atoms with Gasteiger partial charge in [-0.15, -0.1) is 0 Å². The molecule has 0 unspecified atom stereocenters. The second-order valence-corrected chi connectivity index (χ2v) is 8.48. The van der Waals surface area contributed by atoms with E-state index in [1.807, 2.05) is 18.3 Å². The van der Waals surface area contributed by atoms with Gasteiger partial charge in [0.05, 0.1) is 16.6 Å². The van der Waals surface area contributed by atoms with Crippen LogP contribution in [0, 0.1) is 30.1 Å². The van der Waals surface area contributed by atoms with E-state index in [1.165, 1.54) is 19.3 Å². The van der Waals surface area contributed by atoms with Crippen molar-refractivity contribution in [3.63, 3.8) is 0 Å². The van der Waals surface area contributed by atoms with Crippen LogP contribution < -0.4 is 5.32 Å². The van der Waals surface area contributed by atoms with Crippen molar-refractivity contribution < 1.29 is 4.79 Å². The Labute approximate surface area is 142 Å². The number of pyridine rings is 1. The molecule has 3 heteroatoms. The van der Waals surface area contributed by atoms with Crippen LogP contribution in [0.3, 0.4) is 0 Å². The molecule has 3 nitrogen and oxygen atoms in total. The van der Waals surface area contributed by atoms with E-state index in [4.69, 9.17) is 0 Å². The number of fused-ring (bicyclic) bond motifs is 1. The number of rotatable bonds is 2. The Bertz CT molecular complexity index is 790. The highest BCUT2D eigenvalue weighted by Gasteiger charge is 2.54. The molecular formula is C21H24N2O. The number of aromatic nitrogens is 1. The van der Waals surface area contributed by atoms with Crippen molar-refractivity contribution >= 4 is 22.5 Å². The number of anilines is 1. The number of carbonyl (C=O) groups excluding carboxylic acids is 1. The van der Waals surface area contributed by atoms with Crippen LogP contribution in [0.1, 0.15) is 44.1 Å². The highest BCUT2D eigenvalue weighted by atomic mass is 16.2. The summed E-state index contributed by atoms with van der Waals surface area (Å²) >= 11 is 0. The van der Waals surface area contributed by atoms with Gasteiger partial charge in [-0.2, -0.15) is 0 Å². The largest absolute Gasteiger partial charge is 0.325 e. The predicted octanol–water partition coefficient (Wildman–Crippen LogP) is 4.70. The molecule has 4 fully saturated rings. The molecule has 6 rings (SSSR count). The predicted molar refractivity (Wildman–Crippen MR) is 95.7 cm³/mol. The average molecular weight is 320 g/mol. The molecular weight excluding hydrogens is 296 g/mol. The molecule has 1 heterocycles. The Morgan fingerprint density at radius 2 is 1.75 bits per heavy atom. The fourth-order valence-electron chi connectivity index (χ4n) is 6.07. The maximum absolute atomic E-state index is 13.3. The first-order chi connectivity index (χ1) is 11.6. The molecule has 1 N–H and O–H groups in total. The van der Waals surface area contributed by atoms with E-state index in [2.05, 4.69) is 29.4 Å². The standard InChI is InChI=1S/C21H24N2O/c1-13-4-5-18(17-3-2-6-22-19(13)17)23-20(24)21-10-14-7-15(11-21)9-16(8-14)12-21/h2-6,14-16H,7-12H2,1H3,(H,23,24). The summed E-state index contributed by atoms with van der Waals surface area (Å²) < 4.78 is 0. The van der Waals surface area contributed by atoms with Gasteiger partial charge in [0, 0.05) is 11.6 Å². The topological polar surface area (TPSA) is 42.0 Å². The van der Waals surface area contributed by atoms with E-state index >= 15 is 0 Å². The maximum Gasteiger partial charge on any atom is 0.230 e. The number of hydrogen-bond donors (Lipinski definition) is 1. The van der Waals surface area contributed by atoms with E-state index in [0.717, 1.165) is 59.2 Å². The van der Waals surface area contributed by atoms with Crippen molar-refractivity contribution in [1.29, 1.82) is 0 Å². The second kappa shape index (κ2) is 5.05. The smallest absolute Gasteiger partial charge is 0.230 e. The Morgan fingerprint density at radius 1 is 1.08 bits per heavy atom. The first kappa shape index (κ1) is 14.4. The maximum atomic E-state index is 13.3. The zero-order valence-corrected chi connectivity index (χ0v) is 14.2. The van der Waals surface area contributed by atoms with Crippen LogP contribution in [-0.2, 0) is 4.79 Å². The van der Waals surface area contributed by atoms with Crippen LogP contribution in [-0.4, -0.2) is 10.9 Å². The van der Waals surface area contributed by atoms with Crippen LogP contribution in [0.4, 0.5) is 5.69 Å². The molecule has 2 aromatic rings. The lowest BCUT2D eigenvalue weighted by Crippen LogP contribution is -2.51. The lowest BCUT2D eigenvalue weighted by molar-refractivity contribution is -0.140. The van der Waals surface area contributed by atoms with E-state index in [-0.39, 0.29) is 11.3 Å². The average Bonchev–Trinajstić information content (AvgIpc) is 2.56. The van der Waals surface area contributed by atoms with E-state index in [1.54, 1.807) is 0 Å². The van der Waals surface area contributed by atoms with E-state index in [0.29, 0.717) is 0 Å². The fraction of sp³-hybridized carbons (Fsp3) is 0.524. The quantitative estimate of drug-likeness (QED) is 0.871. The summed E-state index contributed by atoms with van der Waals surface area (Å²) in [6.07, 6.45) is 9.23. The molecule has 0 atom stereocenters. The normalized spacial score (nSPS) is 33.8. The minimum atomic E-state index is -0.103. The Hall–Kier alpha value is -1.90. The molecule has 4 saturated carbocycles. The molecule has 0 aliphatic heterocycles. The summed E-state index contributed by atoms with van der Waals surface area (Å²) in [5.74, 6) is 2.63. The summed E-state index contributed by atoms with van der Waals surface area (Å²) in [5.41, 5.74) is 2.96. The van der Waals surface area contributed by atoms with Crippen molar-refractivity contribution in [2.75, 3.05) is 5.32 Å². The molecule has 1 aromatic heterocycles. The van der Waals surface area contributed by atoms with Gasteiger partial charge in [-0.25, -0.2) is 0 Å². The fourth-order valence-corrected chi connectivity index (χ4v) is 6.07. The number of carbonyl (C=O) groups is 1. The Balaban J connectivity index is 1.48. The molecule has 4 bridgehead atoms. The third kappa shape index (κ3) is 2.10. The lowest BCUT2D eigenvalue weighted by Gasteiger charge is -2.55. The van der Waals surface area contributed by atoms with Crippen LogP contribution in [0.25, 0.3) is 10.9 Å². The third-order valence-electron chi connectivity index (χ3n) is 6.74. The van der Waals surface area contributed by atoms with Crippen molar-refractivity contribution in [2.24, 2.45) is 23.2 Å². The summed E-state index contributed by atoms with van der Waals surface area (Å²) in [7, 11) is 0. The summed E-state index contributed by atoms with van der Waals surface area (Å²) in [5, 5.41) is 4.34. The first-order valence-corrected chi connectivity index (χ1v) is 9.29. The summed E-state index contributed by atoms with van der Waals surface area (Å²) in [6.45, 7) is 2.07. The molecule has 0 saturated heterocycles. The van der Waals surface area contributed by atoms with Gasteiger partial charge in [-0.1, -0.05) is 6.07 Å². The van der Waals surface area contributed by atoms with Crippen molar-refractivity contribution in [2.45, 2.75) is 45.4 Å². The Kier molecular flexibility index (Phi) is 3.04. The van der Waals surface area contributed by atoms with Gasteiger partial charge in [-0.3, -0.25) is 9.78 Å². The number of hydrogen-bond acceptors (Lipinski definition) is 2. The first-order valence-electron chi connectivity index (χ1n) is 9.29. The van der Waals surface area contributed by atoms with Crippen molar-refractivity contribution in [1.82, 2.24) is 4.98 Å². The van der Waals surface area contributed by atoms with Crippen LogP contribution >= 0.6 is 0 Å². The molecule has 4 aliphatic carbocycles. The minimum Gasteiger partial charge on any atom is -0.325 e. The highest BCUT2D eigenvalue weighted by molar-refractivity contribution is 6.04. The number of nitrogens with zero attached hydrogens (tertiary/aromatic N) is 1. The summed E-state index contributed by atoms with van der Waals surface area (Å²) in [4.78, 5) is 17.8. The number of nitrogens with one attached hydrogen (secondary N) is 1. The lowest BCUT2D eigenvalue weighted by atomic mass is 9.49. The van der Waals surface area contributed by atoms with Crippen molar-refractivity contribution in [3.8, 4) is 0 Å². The molecule has 0 spiro atoms. The van der Waals surface area contributed by atoms with Gasteiger partial charge < -0.3 is 5.32 Å². The number of aryl methyl sites for hydroxylation is 1. The van der Waals surface area contributed by atoms with Gasteiger partial charge >= 0.3 is 0 Å². The zero-order valence-electron chi connectivity index (χ0n) is 14.2.